The lowest BCUT2D eigenvalue weighted by molar-refractivity contribution is -0.186. The molecule has 0 saturated carbocycles. The summed E-state index contributed by atoms with van der Waals surface area (Å²) in [5.41, 5.74) is -0.537. The van der Waals surface area contributed by atoms with Crippen LogP contribution in [0.3, 0.4) is 0 Å². The van der Waals surface area contributed by atoms with Crippen molar-refractivity contribution in [3.63, 3.8) is 0 Å². The highest BCUT2D eigenvalue weighted by atomic mass is 19.1. The van der Waals surface area contributed by atoms with Crippen molar-refractivity contribution in [3.05, 3.63) is 0 Å². The van der Waals surface area contributed by atoms with E-state index >= 15 is 0 Å². The summed E-state index contributed by atoms with van der Waals surface area (Å²) in [6.07, 6.45) is 0.856. The third kappa shape index (κ3) is 3.16. The highest BCUT2D eigenvalue weighted by Crippen LogP contribution is 2.47. The fraction of sp³-hybridized carbons (Fsp3) is 1.00. The summed E-state index contributed by atoms with van der Waals surface area (Å²) in [5.74, 6) is 0.370. The first kappa shape index (κ1) is 20.0. The Bertz CT molecular complexity index is 564. The van der Waals surface area contributed by atoms with Gasteiger partial charge in [-0.3, -0.25) is 9.80 Å². The molecular weight excluding hydrogens is 347 g/mol. The average molecular weight is 385 g/mol. The summed E-state index contributed by atoms with van der Waals surface area (Å²) in [6.45, 7) is 15.9. The molecule has 27 heavy (non-hydrogen) atoms. The SMILES string of the molecule is CO[C@@H]1C(CC(C)(C)N2CC3(C2)OCC[C@@H]3F)COC12CN(C(C)(C)C)C2. The number of hydrogen-bond acceptors (Lipinski definition) is 5. The van der Waals surface area contributed by atoms with E-state index in [-0.39, 0.29) is 22.8 Å². The van der Waals surface area contributed by atoms with Crippen LogP contribution < -0.4 is 0 Å². The van der Waals surface area contributed by atoms with Crippen LogP contribution in [0.5, 0.6) is 0 Å². The van der Waals surface area contributed by atoms with Crippen molar-refractivity contribution in [2.75, 3.05) is 46.5 Å². The van der Waals surface area contributed by atoms with Gasteiger partial charge in [0.1, 0.15) is 17.4 Å². The Morgan fingerprint density at radius 3 is 2.15 bits per heavy atom. The Hall–Kier alpha value is -0.270. The van der Waals surface area contributed by atoms with Gasteiger partial charge in [0.2, 0.25) is 0 Å². The second-order valence-corrected chi connectivity index (χ2v) is 10.9. The lowest BCUT2D eigenvalue weighted by atomic mass is 9.75. The molecule has 156 valence electrons. The van der Waals surface area contributed by atoms with Crippen LogP contribution in [-0.4, -0.2) is 90.9 Å². The Morgan fingerprint density at radius 1 is 1.00 bits per heavy atom. The molecule has 0 aromatic heterocycles. The molecule has 0 aromatic rings. The summed E-state index contributed by atoms with van der Waals surface area (Å²) < 4.78 is 32.3. The zero-order valence-electron chi connectivity index (χ0n) is 17.9. The second-order valence-electron chi connectivity index (χ2n) is 10.9. The van der Waals surface area contributed by atoms with Gasteiger partial charge in [-0.2, -0.15) is 0 Å². The predicted molar refractivity (Wildman–Crippen MR) is 103 cm³/mol. The fourth-order valence-corrected chi connectivity index (χ4v) is 5.60. The van der Waals surface area contributed by atoms with Crippen molar-refractivity contribution >= 4 is 0 Å². The van der Waals surface area contributed by atoms with Crippen LogP contribution in [0.4, 0.5) is 4.39 Å². The van der Waals surface area contributed by atoms with Gasteiger partial charge in [0.15, 0.2) is 0 Å². The number of nitrogens with zero attached hydrogens (tertiary/aromatic N) is 2. The predicted octanol–water partition coefficient (Wildman–Crippen LogP) is 2.48. The van der Waals surface area contributed by atoms with Crippen molar-refractivity contribution in [2.45, 2.75) is 82.0 Å². The van der Waals surface area contributed by atoms with E-state index in [9.17, 15) is 4.39 Å². The first-order valence-corrected chi connectivity index (χ1v) is 10.5. The van der Waals surface area contributed by atoms with Gasteiger partial charge >= 0.3 is 0 Å². The van der Waals surface area contributed by atoms with Crippen molar-refractivity contribution in [3.8, 4) is 0 Å². The molecule has 4 fully saturated rings. The quantitative estimate of drug-likeness (QED) is 0.744. The standard InChI is InChI=1S/C21H37FN2O3/c1-18(2,3)23-13-21(14-23)17(25-6)15(10-27-21)9-19(4,5)24-11-20(12-24)16(22)7-8-26-20/h15-17H,7-14H2,1-6H3/t15?,16-,17+/m0/s1. The monoisotopic (exact) mass is 384 g/mol. The van der Waals surface area contributed by atoms with E-state index in [0.717, 1.165) is 26.1 Å². The van der Waals surface area contributed by atoms with E-state index in [1.807, 2.05) is 7.11 Å². The van der Waals surface area contributed by atoms with Gasteiger partial charge in [-0.15, -0.1) is 0 Å². The molecule has 0 aliphatic carbocycles. The molecule has 0 amide bonds. The van der Waals surface area contributed by atoms with Gasteiger partial charge in [0, 0.05) is 56.7 Å². The first-order valence-electron chi connectivity index (χ1n) is 10.5. The molecule has 4 aliphatic rings. The Labute approximate surface area is 163 Å². The number of alkyl halides is 1. The molecule has 4 aliphatic heterocycles. The molecule has 2 spiro atoms. The van der Waals surface area contributed by atoms with Crippen molar-refractivity contribution < 1.29 is 18.6 Å². The topological polar surface area (TPSA) is 34.2 Å². The number of methoxy groups -OCH3 is 1. The van der Waals surface area contributed by atoms with Crippen LogP contribution >= 0.6 is 0 Å². The highest BCUT2D eigenvalue weighted by molar-refractivity contribution is 5.13. The second kappa shape index (κ2) is 6.36. The van der Waals surface area contributed by atoms with E-state index in [2.05, 4.69) is 44.4 Å². The largest absolute Gasteiger partial charge is 0.378 e. The lowest BCUT2D eigenvalue weighted by Gasteiger charge is -2.56. The third-order valence-corrected chi connectivity index (χ3v) is 7.52. The molecule has 0 N–H and O–H groups in total. The van der Waals surface area contributed by atoms with Crippen LogP contribution in [0.15, 0.2) is 0 Å². The summed E-state index contributed by atoms with van der Waals surface area (Å²) in [6, 6.07) is 0. The number of ether oxygens (including phenoxy) is 3. The normalized spacial score (nSPS) is 36.3. The molecule has 0 aromatic carbocycles. The lowest BCUT2D eigenvalue weighted by Crippen LogP contribution is -2.72. The minimum atomic E-state index is -0.812. The summed E-state index contributed by atoms with van der Waals surface area (Å²) in [4.78, 5) is 4.84. The smallest absolute Gasteiger partial charge is 0.134 e. The van der Waals surface area contributed by atoms with Gasteiger partial charge in [0.05, 0.1) is 19.3 Å². The van der Waals surface area contributed by atoms with Gasteiger partial charge in [-0.05, 0) is 41.0 Å². The number of rotatable bonds is 4. The zero-order valence-corrected chi connectivity index (χ0v) is 17.9. The molecule has 4 rings (SSSR count). The summed E-state index contributed by atoms with van der Waals surface area (Å²) in [5, 5.41) is 0. The average Bonchev–Trinajstić information content (AvgIpc) is 3.03. The fourth-order valence-electron chi connectivity index (χ4n) is 5.60. The number of halogens is 1. The number of likely N-dealkylation sites (tertiary alicyclic amines) is 2. The van der Waals surface area contributed by atoms with Crippen molar-refractivity contribution in [1.29, 1.82) is 0 Å². The Morgan fingerprint density at radius 2 is 1.63 bits per heavy atom. The maximum Gasteiger partial charge on any atom is 0.134 e. The van der Waals surface area contributed by atoms with E-state index in [1.165, 1.54) is 0 Å². The van der Waals surface area contributed by atoms with Crippen LogP contribution in [-0.2, 0) is 14.2 Å². The van der Waals surface area contributed by atoms with E-state index in [0.29, 0.717) is 32.0 Å². The van der Waals surface area contributed by atoms with E-state index in [1.54, 1.807) is 0 Å². The van der Waals surface area contributed by atoms with E-state index in [4.69, 9.17) is 14.2 Å². The van der Waals surface area contributed by atoms with Crippen LogP contribution in [0.2, 0.25) is 0 Å². The van der Waals surface area contributed by atoms with Crippen LogP contribution in [0.1, 0.15) is 47.5 Å². The summed E-state index contributed by atoms with van der Waals surface area (Å²) >= 11 is 0. The van der Waals surface area contributed by atoms with Crippen LogP contribution in [0.25, 0.3) is 0 Å². The maximum absolute atomic E-state index is 14.2. The first-order chi connectivity index (χ1) is 12.5. The molecule has 0 radical (unpaired) electrons. The van der Waals surface area contributed by atoms with Gasteiger partial charge in [-0.25, -0.2) is 4.39 Å². The maximum atomic E-state index is 14.2. The van der Waals surface area contributed by atoms with Crippen molar-refractivity contribution in [1.82, 2.24) is 9.80 Å². The van der Waals surface area contributed by atoms with Crippen molar-refractivity contribution in [2.24, 2.45) is 5.92 Å². The minimum absolute atomic E-state index is 0.0132. The Balaban J connectivity index is 1.37. The van der Waals surface area contributed by atoms with E-state index < -0.39 is 11.8 Å². The molecule has 6 heteroatoms. The van der Waals surface area contributed by atoms with Gasteiger partial charge < -0.3 is 14.2 Å². The van der Waals surface area contributed by atoms with Gasteiger partial charge in [0.25, 0.3) is 0 Å². The molecule has 0 bridgehead atoms. The minimum Gasteiger partial charge on any atom is -0.378 e. The molecular formula is C21H37FN2O3. The molecule has 4 saturated heterocycles. The molecule has 4 heterocycles. The molecule has 5 nitrogen and oxygen atoms in total. The summed E-state index contributed by atoms with van der Waals surface area (Å²) in [7, 11) is 1.82. The zero-order chi connectivity index (χ0) is 19.7. The Kier molecular flexibility index (Phi) is 4.72. The van der Waals surface area contributed by atoms with Crippen LogP contribution in [0, 0.1) is 5.92 Å². The third-order valence-electron chi connectivity index (χ3n) is 7.52. The molecule has 3 atom stereocenters. The highest BCUT2D eigenvalue weighted by Gasteiger charge is 2.61. The number of hydrogen-bond donors (Lipinski definition) is 0. The van der Waals surface area contributed by atoms with Gasteiger partial charge in [-0.1, -0.05) is 0 Å². The molecule has 1 unspecified atom stereocenters.